The molecule has 0 saturated heterocycles. The van der Waals surface area contributed by atoms with Crippen LogP contribution in [0, 0.1) is 6.92 Å². The molecule has 0 spiro atoms. The van der Waals surface area contributed by atoms with Crippen LogP contribution in [0.3, 0.4) is 0 Å². The zero-order valence-corrected chi connectivity index (χ0v) is 19.3. The van der Waals surface area contributed by atoms with Crippen LogP contribution < -0.4 is 15.8 Å². The molecule has 9 nitrogen and oxygen atoms in total. The van der Waals surface area contributed by atoms with Crippen LogP contribution in [0.2, 0.25) is 0 Å². The highest BCUT2D eigenvalue weighted by atomic mass is 32.1. The zero-order valence-electron chi connectivity index (χ0n) is 18.4. The van der Waals surface area contributed by atoms with Gasteiger partial charge in [-0.3, -0.25) is 14.9 Å². The lowest BCUT2D eigenvalue weighted by atomic mass is 10.1. The predicted octanol–water partition coefficient (Wildman–Crippen LogP) is 3.29. The van der Waals surface area contributed by atoms with E-state index in [0.29, 0.717) is 60.3 Å². The number of benzene rings is 1. The standard InChI is InChI=1S/C22H27N5O4S/c1-4-15-19(32-13(3)24-15)21(29)26-22-25-16-10-14(20(23)28)11-17-18(16)27(22)7-5-8-30-12(2)6-9-31-17/h10-12H,4-9H2,1-3H3,(H2,23,28)(H,25,26,29)/t12-/m1/s1. The maximum atomic E-state index is 13.1. The summed E-state index contributed by atoms with van der Waals surface area (Å²) in [6.45, 7) is 7.42. The molecule has 0 radical (unpaired) electrons. The molecular formula is C22H27N5O4S. The third-order valence-electron chi connectivity index (χ3n) is 5.37. The first-order chi connectivity index (χ1) is 15.4. The number of carbonyl (C=O) groups is 2. The second-order valence-electron chi connectivity index (χ2n) is 7.78. The van der Waals surface area contributed by atoms with E-state index in [9.17, 15) is 9.59 Å². The number of hydrogen-bond acceptors (Lipinski definition) is 7. The summed E-state index contributed by atoms with van der Waals surface area (Å²) < 4.78 is 13.8. The summed E-state index contributed by atoms with van der Waals surface area (Å²) in [4.78, 5) is 34.6. The SMILES string of the molecule is CCc1nc(C)sc1C(=O)Nc1nc2cc(C(N)=O)cc3c2n1CCCO[C@H](C)CCO3. The number of nitrogens with two attached hydrogens (primary N) is 1. The van der Waals surface area contributed by atoms with Gasteiger partial charge in [-0.25, -0.2) is 9.97 Å². The van der Waals surface area contributed by atoms with Crippen molar-refractivity contribution in [2.24, 2.45) is 5.73 Å². The van der Waals surface area contributed by atoms with Gasteiger partial charge in [0.05, 0.1) is 28.9 Å². The molecule has 0 unspecified atom stereocenters. The number of hydrogen-bond donors (Lipinski definition) is 2. The Hall–Kier alpha value is -2.98. The summed E-state index contributed by atoms with van der Waals surface area (Å²) in [6.07, 6.45) is 2.17. The van der Waals surface area contributed by atoms with Gasteiger partial charge in [-0.1, -0.05) is 6.92 Å². The van der Waals surface area contributed by atoms with Crippen molar-refractivity contribution in [3.63, 3.8) is 0 Å². The molecule has 0 aliphatic carbocycles. The summed E-state index contributed by atoms with van der Waals surface area (Å²) in [6, 6.07) is 3.27. The summed E-state index contributed by atoms with van der Waals surface area (Å²) in [7, 11) is 0. The topological polar surface area (TPSA) is 121 Å². The molecular weight excluding hydrogens is 430 g/mol. The van der Waals surface area contributed by atoms with E-state index in [-0.39, 0.29) is 12.0 Å². The Bertz CT molecular complexity index is 1170. The Morgan fingerprint density at radius 3 is 2.88 bits per heavy atom. The molecule has 2 aromatic heterocycles. The van der Waals surface area contributed by atoms with Gasteiger partial charge < -0.3 is 19.8 Å². The van der Waals surface area contributed by atoms with Crippen LogP contribution in [0.4, 0.5) is 5.95 Å². The molecule has 170 valence electrons. The third kappa shape index (κ3) is 4.46. The lowest BCUT2D eigenvalue weighted by Crippen LogP contribution is -2.17. The fraction of sp³-hybridized carbons (Fsp3) is 0.455. The van der Waals surface area contributed by atoms with Crippen LogP contribution in [0.25, 0.3) is 11.0 Å². The van der Waals surface area contributed by atoms with Crippen molar-refractivity contribution in [3.8, 4) is 5.75 Å². The number of primary amides is 1. The number of ether oxygens (including phenoxy) is 2. The van der Waals surface area contributed by atoms with Gasteiger partial charge in [0.15, 0.2) is 0 Å². The Morgan fingerprint density at radius 1 is 1.31 bits per heavy atom. The van der Waals surface area contributed by atoms with Crippen molar-refractivity contribution in [1.82, 2.24) is 14.5 Å². The zero-order chi connectivity index (χ0) is 22.8. The van der Waals surface area contributed by atoms with Crippen LogP contribution in [0.15, 0.2) is 12.1 Å². The molecule has 0 bridgehead atoms. The molecule has 0 saturated carbocycles. The molecule has 2 amide bonds. The van der Waals surface area contributed by atoms with Gasteiger partial charge >= 0.3 is 0 Å². The molecule has 3 aromatic rings. The summed E-state index contributed by atoms with van der Waals surface area (Å²) in [5.74, 6) is 0.0829. The van der Waals surface area contributed by atoms with Gasteiger partial charge in [0.1, 0.15) is 16.1 Å². The van der Waals surface area contributed by atoms with Crippen LogP contribution in [-0.2, 0) is 17.7 Å². The molecule has 1 aliphatic rings. The summed E-state index contributed by atoms with van der Waals surface area (Å²) in [5, 5.41) is 3.78. The van der Waals surface area contributed by atoms with E-state index in [1.54, 1.807) is 12.1 Å². The van der Waals surface area contributed by atoms with Gasteiger partial charge in [-0.2, -0.15) is 0 Å². The molecule has 3 N–H and O–H groups in total. The van der Waals surface area contributed by atoms with Crippen molar-refractivity contribution < 1.29 is 19.1 Å². The van der Waals surface area contributed by atoms with E-state index in [2.05, 4.69) is 15.3 Å². The number of thiazole rings is 1. The Kier molecular flexibility index (Phi) is 6.43. The number of nitrogens with one attached hydrogen (secondary N) is 1. The van der Waals surface area contributed by atoms with E-state index in [1.807, 2.05) is 25.3 Å². The van der Waals surface area contributed by atoms with Gasteiger partial charge in [0, 0.05) is 25.1 Å². The predicted molar refractivity (Wildman–Crippen MR) is 123 cm³/mol. The molecule has 0 fully saturated rings. The number of anilines is 1. The average Bonchev–Trinajstić information content (AvgIpc) is 3.29. The number of carbonyl (C=O) groups excluding carboxylic acids is 2. The minimum atomic E-state index is -0.564. The van der Waals surface area contributed by atoms with Crippen molar-refractivity contribution in [2.75, 3.05) is 18.5 Å². The Balaban J connectivity index is 1.79. The minimum Gasteiger partial charge on any atom is -0.491 e. The highest BCUT2D eigenvalue weighted by Gasteiger charge is 2.23. The van der Waals surface area contributed by atoms with E-state index >= 15 is 0 Å². The van der Waals surface area contributed by atoms with Crippen LogP contribution >= 0.6 is 11.3 Å². The summed E-state index contributed by atoms with van der Waals surface area (Å²) in [5.41, 5.74) is 7.86. The molecule has 1 aromatic carbocycles. The first-order valence-corrected chi connectivity index (χ1v) is 11.5. The van der Waals surface area contributed by atoms with Crippen molar-refractivity contribution in [3.05, 3.63) is 33.3 Å². The molecule has 10 heteroatoms. The quantitative estimate of drug-likeness (QED) is 0.620. The maximum Gasteiger partial charge on any atom is 0.269 e. The fourth-order valence-corrected chi connectivity index (χ4v) is 4.67. The van der Waals surface area contributed by atoms with Gasteiger partial charge in [-0.15, -0.1) is 11.3 Å². The fourth-order valence-electron chi connectivity index (χ4n) is 3.77. The average molecular weight is 458 g/mol. The molecule has 32 heavy (non-hydrogen) atoms. The first-order valence-electron chi connectivity index (χ1n) is 10.7. The second kappa shape index (κ2) is 9.25. The number of aromatic nitrogens is 3. The van der Waals surface area contributed by atoms with Crippen molar-refractivity contribution in [1.29, 1.82) is 0 Å². The van der Waals surface area contributed by atoms with E-state index < -0.39 is 5.91 Å². The lowest BCUT2D eigenvalue weighted by molar-refractivity contribution is 0.0485. The van der Waals surface area contributed by atoms with Crippen molar-refractivity contribution >= 4 is 40.1 Å². The smallest absolute Gasteiger partial charge is 0.269 e. The normalized spacial score (nSPS) is 16.9. The monoisotopic (exact) mass is 457 g/mol. The molecule has 3 heterocycles. The Morgan fingerprint density at radius 2 is 2.12 bits per heavy atom. The van der Waals surface area contributed by atoms with Crippen molar-refractivity contribution in [2.45, 2.75) is 52.7 Å². The highest BCUT2D eigenvalue weighted by Crippen LogP contribution is 2.32. The molecule has 4 rings (SSSR count). The van der Waals surface area contributed by atoms with Gasteiger partial charge in [-0.05, 0) is 38.8 Å². The number of aryl methyl sites for hydroxylation is 3. The second-order valence-corrected chi connectivity index (χ2v) is 8.99. The largest absolute Gasteiger partial charge is 0.491 e. The van der Waals surface area contributed by atoms with E-state index in [4.69, 9.17) is 15.2 Å². The van der Waals surface area contributed by atoms with E-state index in [0.717, 1.165) is 22.6 Å². The van der Waals surface area contributed by atoms with Gasteiger partial charge in [0.25, 0.3) is 5.91 Å². The van der Waals surface area contributed by atoms with Gasteiger partial charge in [0.2, 0.25) is 11.9 Å². The number of rotatable bonds is 4. The lowest BCUT2D eigenvalue weighted by Gasteiger charge is -2.13. The highest BCUT2D eigenvalue weighted by molar-refractivity contribution is 7.13. The van der Waals surface area contributed by atoms with Crippen LogP contribution in [0.1, 0.15) is 57.4 Å². The van der Waals surface area contributed by atoms with E-state index in [1.165, 1.54) is 11.3 Å². The Labute approximate surface area is 189 Å². The van der Waals surface area contributed by atoms with Crippen LogP contribution in [-0.4, -0.2) is 45.7 Å². The third-order valence-corrected chi connectivity index (χ3v) is 6.38. The molecule has 1 atom stereocenters. The first kappa shape index (κ1) is 22.2. The van der Waals surface area contributed by atoms with Crippen LogP contribution in [0.5, 0.6) is 5.75 Å². The summed E-state index contributed by atoms with van der Waals surface area (Å²) >= 11 is 1.36. The number of amides is 2. The number of nitrogens with zero attached hydrogens (tertiary/aromatic N) is 3. The molecule has 1 aliphatic heterocycles. The minimum absolute atomic E-state index is 0.0570. The number of imidazole rings is 1. The maximum absolute atomic E-state index is 13.1.